The number of rotatable bonds is 6. The summed E-state index contributed by atoms with van der Waals surface area (Å²) >= 11 is 1.40. The summed E-state index contributed by atoms with van der Waals surface area (Å²) in [5.41, 5.74) is 2.15. The third-order valence-corrected chi connectivity index (χ3v) is 3.96. The van der Waals surface area contributed by atoms with Crippen molar-refractivity contribution >= 4 is 23.5 Å². The molecule has 2 rings (SSSR count). The lowest BCUT2D eigenvalue weighted by Gasteiger charge is -2.07. The highest BCUT2D eigenvalue weighted by Gasteiger charge is 2.16. The molecule has 0 fully saturated rings. The maximum absolute atomic E-state index is 12.0. The van der Waals surface area contributed by atoms with Crippen LogP contribution in [-0.2, 0) is 15.3 Å². The van der Waals surface area contributed by atoms with E-state index in [1.54, 1.807) is 18.3 Å². The molecule has 0 aliphatic heterocycles. The summed E-state index contributed by atoms with van der Waals surface area (Å²) in [4.78, 5) is 27.1. The predicted octanol–water partition coefficient (Wildman–Crippen LogP) is 2.72. The highest BCUT2D eigenvalue weighted by atomic mass is 32.2. The van der Waals surface area contributed by atoms with Crippen molar-refractivity contribution in [2.24, 2.45) is 0 Å². The number of nitrogens with zero attached hydrogens (tertiary/aromatic N) is 2. The van der Waals surface area contributed by atoms with Crippen LogP contribution in [0.1, 0.15) is 34.3 Å². The Morgan fingerprint density at radius 2 is 2.14 bits per heavy atom. The summed E-state index contributed by atoms with van der Waals surface area (Å²) in [7, 11) is 0. The quantitative estimate of drug-likeness (QED) is 0.598. The third kappa shape index (κ3) is 3.94. The second-order valence-electron chi connectivity index (χ2n) is 4.73. The number of esters is 1. The van der Waals surface area contributed by atoms with Gasteiger partial charge in [-0.05, 0) is 32.9 Å². The standard InChI is InChI=1S/C15H16N2O4S/c1-9(18)7-20-15(19)12-5-4-6-16-14(12)22-8-13-10(2)17-21-11(13)3/h4-6H,7-8H2,1-3H3. The monoisotopic (exact) mass is 320 g/mol. The number of hydrogen-bond acceptors (Lipinski definition) is 7. The Balaban J connectivity index is 2.11. The zero-order valence-electron chi connectivity index (χ0n) is 12.6. The second-order valence-corrected chi connectivity index (χ2v) is 5.69. The SMILES string of the molecule is CC(=O)COC(=O)c1cccnc1SCc1c(C)noc1C. The number of thioether (sulfide) groups is 1. The van der Waals surface area contributed by atoms with Crippen molar-refractivity contribution in [1.82, 2.24) is 10.1 Å². The lowest BCUT2D eigenvalue weighted by atomic mass is 10.2. The first-order chi connectivity index (χ1) is 10.5. The van der Waals surface area contributed by atoms with Crippen LogP contribution in [0.5, 0.6) is 0 Å². The van der Waals surface area contributed by atoms with Gasteiger partial charge >= 0.3 is 5.97 Å². The zero-order chi connectivity index (χ0) is 16.1. The molecule has 0 aromatic carbocycles. The molecular weight excluding hydrogens is 304 g/mol. The highest BCUT2D eigenvalue weighted by molar-refractivity contribution is 7.98. The van der Waals surface area contributed by atoms with E-state index in [0.29, 0.717) is 16.3 Å². The molecule has 2 aromatic heterocycles. The minimum Gasteiger partial charge on any atom is -0.454 e. The van der Waals surface area contributed by atoms with E-state index in [-0.39, 0.29) is 12.4 Å². The fraction of sp³-hybridized carbons (Fsp3) is 0.333. The van der Waals surface area contributed by atoms with Gasteiger partial charge in [0.15, 0.2) is 5.78 Å². The average molecular weight is 320 g/mol. The summed E-state index contributed by atoms with van der Waals surface area (Å²) in [5, 5.41) is 4.45. The summed E-state index contributed by atoms with van der Waals surface area (Å²) in [5.74, 6) is 0.582. The van der Waals surface area contributed by atoms with E-state index >= 15 is 0 Å². The van der Waals surface area contributed by atoms with Crippen LogP contribution in [0.3, 0.4) is 0 Å². The number of carbonyl (C=O) groups excluding carboxylic acids is 2. The molecule has 116 valence electrons. The van der Waals surface area contributed by atoms with Gasteiger partial charge in [-0.2, -0.15) is 0 Å². The highest BCUT2D eigenvalue weighted by Crippen LogP contribution is 2.27. The molecule has 0 radical (unpaired) electrons. The van der Waals surface area contributed by atoms with Crippen LogP contribution in [0.15, 0.2) is 27.9 Å². The van der Waals surface area contributed by atoms with Gasteiger partial charge < -0.3 is 9.26 Å². The van der Waals surface area contributed by atoms with E-state index in [0.717, 1.165) is 17.0 Å². The van der Waals surface area contributed by atoms with Crippen molar-refractivity contribution < 1.29 is 18.8 Å². The number of hydrogen-bond donors (Lipinski definition) is 0. The minimum atomic E-state index is -0.551. The number of ether oxygens (including phenoxy) is 1. The molecule has 6 nitrogen and oxygen atoms in total. The summed E-state index contributed by atoms with van der Waals surface area (Å²) < 4.78 is 10.1. The number of aryl methyl sites for hydroxylation is 2. The van der Waals surface area contributed by atoms with Crippen LogP contribution < -0.4 is 0 Å². The Morgan fingerprint density at radius 1 is 1.36 bits per heavy atom. The topological polar surface area (TPSA) is 82.3 Å². The molecule has 0 aliphatic carbocycles. The Morgan fingerprint density at radius 3 is 2.77 bits per heavy atom. The van der Waals surface area contributed by atoms with Crippen LogP contribution in [0.2, 0.25) is 0 Å². The van der Waals surface area contributed by atoms with Crippen LogP contribution in [0, 0.1) is 13.8 Å². The molecule has 0 aliphatic rings. The van der Waals surface area contributed by atoms with E-state index in [9.17, 15) is 9.59 Å². The van der Waals surface area contributed by atoms with Gasteiger partial charge in [0.1, 0.15) is 17.4 Å². The first-order valence-electron chi connectivity index (χ1n) is 6.65. The van der Waals surface area contributed by atoms with Crippen LogP contribution in [0.25, 0.3) is 0 Å². The fourth-order valence-electron chi connectivity index (χ4n) is 1.75. The van der Waals surface area contributed by atoms with Crippen molar-refractivity contribution in [2.45, 2.75) is 31.6 Å². The zero-order valence-corrected chi connectivity index (χ0v) is 13.4. The number of pyridine rings is 1. The smallest absolute Gasteiger partial charge is 0.341 e. The molecule has 0 unspecified atom stereocenters. The van der Waals surface area contributed by atoms with Gasteiger partial charge in [-0.1, -0.05) is 5.16 Å². The van der Waals surface area contributed by atoms with E-state index < -0.39 is 5.97 Å². The molecule has 0 saturated heterocycles. The molecular formula is C15H16N2O4S. The van der Waals surface area contributed by atoms with Gasteiger partial charge in [0, 0.05) is 17.5 Å². The number of aromatic nitrogens is 2. The largest absolute Gasteiger partial charge is 0.454 e. The van der Waals surface area contributed by atoms with E-state index in [2.05, 4.69) is 10.1 Å². The Kier molecular flexibility index (Phi) is 5.32. The van der Waals surface area contributed by atoms with Crippen LogP contribution in [-0.4, -0.2) is 28.5 Å². The molecule has 7 heteroatoms. The molecule has 22 heavy (non-hydrogen) atoms. The van der Waals surface area contributed by atoms with Gasteiger partial charge in [-0.25, -0.2) is 9.78 Å². The van der Waals surface area contributed by atoms with E-state index in [1.165, 1.54) is 18.7 Å². The normalized spacial score (nSPS) is 10.5. The predicted molar refractivity (Wildman–Crippen MR) is 80.7 cm³/mol. The maximum atomic E-state index is 12.0. The Bertz CT molecular complexity index is 677. The molecule has 0 spiro atoms. The number of carbonyl (C=O) groups is 2. The van der Waals surface area contributed by atoms with Gasteiger partial charge in [0.05, 0.1) is 11.3 Å². The molecule has 2 aromatic rings. The summed E-state index contributed by atoms with van der Waals surface area (Å²) in [6, 6.07) is 3.29. The van der Waals surface area contributed by atoms with Crippen LogP contribution in [0.4, 0.5) is 0 Å². The molecule has 0 N–H and O–H groups in total. The van der Waals surface area contributed by atoms with Gasteiger partial charge in [0.2, 0.25) is 0 Å². The first kappa shape index (κ1) is 16.2. The molecule has 0 bridgehead atoms. The van der Waals surface area contributed by atoms with Gasteiger partial charge in [0.25, 0.3) is 0 Å². The van der Waals surface area contributed by atoms with Crippen LogP contribution >= 0.6 is 11.8 Å². The average Bonchev–Trinajstić information content (AvgIpc) is 2.82. The third-order valence-electron chi connectivity index (χ3n) is 2.93. The first-order valence-corrected chi connectivity index (χ1v) is 7.63. The lowest BCUT2D eigenvalue weighted by Crippen LogP contribution is -2.12. The number of Topliss-reactive ketones (excluding diaryl/α,β-unsaturated/α-hetero) is 1. The lowest BCUT2D eigenvalue weighted by molar-refractivity contribution is -0.120. The van der Waals surface area contributed by atoms with Gasteiger partial charge in [-0.3, -0.25) is 4.79 Å². The Labute approximate surface area is 132 Å². The molecule has 0 saturated carbocycles. The Hall–Kier alpha value is -2.15. The molecule has 2 heterocycles. The van der Waals surface area contributed by atoms with E-state index in [4.69, 9.17) is 9.26 Å². The number of ketones is 1. The van der Waals surface area contributed by atoms with Crippen molar-refractivity contribution in [2.75, 3.05) is 6.61 Å². The summed E-state index contributed by atoms with van der Waals surface area (Å²) in [6.45, 7) is 4.84. The minimum absolute atomic E-state index is 0.206. The second kappa shape index (κ2) is 7.22. The van der Waals surface area contributed by atoms with E-state index in [1.807, 2.05) is 13.8 Å². The fourth-order valence-corrected chi connectivity index (χ4v) is 2.89. The molecule has 0 amide bonds. The van der Waals surface area contributed by atoms with Crippen molar-refractivity contribution in [3.63, 3.8) is 0 Å². The maximum Gasteiger partial charge on any atom is 0.341 e. The van der Waals surface area contributed by atoms with Crippen molar-refractivity contribution in [1.29, 1.82) is 0 Å². The molecule has 0 atom stereocenters. The van der Waals surface area contributed by atoms with Gasteiger partial charge in [-0.15, -0.1) is 11.8 Å². The summed E-state index contributed by atoms with van der Waals surface area (Å²) in [6.07, 6.45) is 1.61. The van der Waals surface area contributed by atoms with Crippen molar-refractivity contribution in [3.8, 4) is 0 Å². The van der Waals surface area contributed by atoms with Crippen molar-refractivity contribution in [3.05, 3.63) is 40.9 Å².